The number of aromatic nitrogens is 3. The molecule has 0 spiro atoms. The Morgan fingerprint density at radius 2 is 2.00 bits per heavy atom. The monoisotopic (exact) mass is 391 g/mol. The average molecular weight is 391 g/mol. The number of methoxy groups -OCH3 is 1. The van der Waals surface area contributed by atoms with Crippen LogP contribution in [0.1, 0.15) is 24.5 Å². The maximum atomic E-state index is 12.9. The Morgan fingerprint density at radius 1 is 1.26 bits per heavy atom. The number of hydrogen-bond acceptors (Lipinski definition) is 6. The summed E-state index contributed by atoms with van der Waals surface area (Å²) in [5.74, 6) is -2.31. The van der Waals surface area contributed by atoms with Gasteiger partial charge in [0.15, 0.2) is 0 Å². The summed E-state index contributed by atoms with van der Waals surface area (Å²) in [7, 11) is 1.25. The molecule has 1 fully saturated rings. The molecule has 2 atom stereocenters. The third-order valence-electron chi connectivity index (χ3n) is 5.03. The fraction of sp³-hybridized carbons (Fsp3) is 0.733. The van der Waals surface area contributed by atoms with Crippen LogP contribution in [0.5, 0.6) is 0 Å². The Kier molecular flexibility index (Phi) is 5.27. The van der Waals surface area contributed by atoms with Crippen LogP contribution in [-0.4, -0.2) is 74.5 Å². The van der Waals surface area contributed by atoms with Crippen LogP contribution >= 0.6 is 0 Å². The molecular weight excluding hydrogens is 371 g/mol. The van der Waals surface area contributed by atoms with Crippen molar-refractivity contribution in [2.75, 3.05) is 26.7 Å². The van der Waals surface area contributed by atoms with E-state index in [1.165, 1.54) is 12.0 Å². The van der Waals surface area contributed by atoms with Gasteiger partial charge in [-0.25, -0.2) is 4.79 Å². The van der Waals surface area contributed by atoms with Gasteiger partial charge in [-0.15, -0.1) is 10.2 Å². The number of likely N-dealkylation sites (tertiary alicyclic amines) is 1. The Bertz CT molecular complexity index is 723. The SMILES string of the molecule is COC(=O)N1CC[C@@H](C(=O)O)C[C@H]1CN1CCn2c(nnc2C(F)(F)F)C1. The molecule has 0 bridgehead atoms. The van der Waals surface area contributed by atoms with Crippen LogP contribution in [0.2, 0.25) is 0 Å². The second-order valence-corrected chi connectivity index (χ2v) is 6.70. The summed E-state index contributed by atoms with van der Waals surface area (Å²) < 4.78 is 44.6. The number of aliphatic carboxylic acids is 1. The maximum absolute atomic E-state index is 12.9. The number of carboxylic acids is 1. The number of carbonyl (C=O) groups is 2. The average Bonchev–Trinajstić information content (AvgIpc) is 3.04. The lowest BCUT2D eigenvalue weighted by Crippen LogP contribution is -2.53. The molecule has 0 aliphatic carbocycles. The number of carbonyl (C=O) groups excluding carboxylic acids is 1. The number of amides is 1. The summed E-state index contributed by atoms with van der Waals surface area (Å²) in [6, 6.07) is -0.399. The van der Waals surface area contributed by atoms with Crippen LogP contribution in [0.15, 0.2) is 0 Å². The highest BCUT2D eigenvalue weighted by molar-refractivity contribution is 5.72. The van der Waals surface area contributed by atoms with Gasteiger partial charge in [-0.1, -0.05) is 0 Å². The number of halogens is 3. The van der Waals surface area contributed by atoms with E-state index in [4.69, 9.17) is 4.74 Å². The summed E-state index contributed by atoms with van der Waals surface area (Å²) in [6.07, 6.45) is -4.50. The van der Waals surface area contributed by atoms with E-state index < -0.39 is 36.0 Å². The predicted octanol–water partition coefficient (Wildman–Crippen LogP) is 1.04. The fourth-order valence-electron chi connectivity index (χ4n) is 3.68. The van der Waals surface area contributed by atoms with Crippen LogP contribution in [0.3, 0.4) is 0 Å². The molecule has 0 aromatic carbocycles. The van der Waals surface area contributed by atoms with Crippen molar-refractivity contribution in [1.29, 1.82) is 0 Å². The first-order valence-corrected chi connectivity index (χ1v) is 8.49. The molecule has 1 aromatic heterocycles. The lowest BCUT2D eigenvalue weighted by atomic mass is 9.90. The summed E-state index contributed by atoms with van der Waals surface area (Å²) in [5.41, 5.74) is 0. The first-order valence-electron chi connectivity index (χ1n) is 8.49. The van der Waals surface area contributed by atoms with Crippen LogP contribution in [0.4, 0.5) is 18.0 Å². The van der Waals surface area contributed by atoms with Gasteiger partial charge < -0.3 is 19.3 Å². The number of fused-ring (bicyclic) bond motifs is 1. The Labute approximate surface area is 152 Å². The van der Waals surface area contributed by atoms with Gasteiger partial charge >= 0.3 is 18.2 Å². The van der Waals surface area contributed by atoms with E-state index in [9.17, 15) is 27.9 Å². The molecule has 2 aliphatic rings. The van der Waals surface area contributed by atoms with Crippen molar-refractivity contribution in [3.05, 3.63) is 11.6 Å². The molecule has 9 nitrogen and oxygen atoms in total. The second kappa shape index (κ2) is 7.33. The van der Waals surface area contributed by atoms with Gasteiger partial charge in [-0.05, 0) is 12.8 Å². The Morgan fingerprint density at radius 3 is 2.63 bits per heavy atom. The van der Waals surface area contributed by atoms with Crippen molar-refractivity contribution in [3.8, 4) is 0 Å². The lowest BCUT2D eigenvalue weighted by molar-refractivity contribution is -0.148. The van der Waals surface area contributed by atoms with Crippen molar-refractivity contribution < 1.29 is 32.6 Å². The van der Waals surface area contributed by atoms with Crippen LogP contribution < -0.4 is 0 Å². The largest absolute Gasteiger partial charge is 0.481 e. The van der Waals surface area contributed by atoms with E-state index in [2.05, 4.69) is 10.2 Å². The van der Waals surface area contributed by atoms with Crippen molar-refractivity contribution in [3.63, 3.8) is 0 Å². The number of hydrogen-bond donors (Lipinski definition) is 1. The summed E-state index contributed by atoms with van der Waals surface area (Å²) in [5, 5.41) is 16.1. The number of ether oxygens (including phenoxy) is 1. The topological polar surface area (TPSA) is 101 Å². The van der Waals surface area contributed by atoms with Crippen molar-refractivity contribution >= 4 is 12.1 Å². The van der Waals surface area contributed by atoms with Gasteiger partial charge in [-0.2, -0.15) is 13.2 Å². The quantitative estimate of drug-likeness (QED) is 0.822. The van der Waals surface area contributed by atoms with E-state index in [0.29, 0.717) is 19.5 Å². The Balaban J connectivity index is 1.72. The van der Waals surface area contributed by atoms with Crippen molar-refractivity contribution in [2.24, 2.45) is 5.92 Å². The van der Waals surface area contributed by atoms with Crippen molar-refractivity contribution in [2.45, 2.75) is 38.1 Å². The number of rotatable bonds is 3. The molecule has 1 N–H and O–H groups in total. The van der Waals surface area contributed by atoms with Crippen LogP contribution in [0.25, 0.3) is 0 Å². The minimum atomic E-state index is -4.56. The molecule has 0 radical (unpaired) electrons. The predicted molar refractivity (Wildman–Crippen MR) is 83.6 cm³/mol. The summed E-state index contributed by atoms with van der Waals surface area (Å²) >= 11 is 0. The van der Waals surface area contributed by atoms with Gasteiger partial charge in [0.2, 0.25) is 5.82 Å². The summed E-state index contributed by atoms with van der Waals surface area (Å²) in [4.78, 5) is 26.7. The molecule has 0 unspecified atom stereocenters. The molecule has 3 heterocycles. The first-order chi connectivity index (χ1) is 12.7. The zero-order chi connectivity index (χ0) is 19.8. The normalized spacial score (nSPS) is 23.8. The summed E-state index contributed by atoms with van der Waals surface area (Å²) in [6.45, 7) is 1.12. The smallest absolute Gasteiger partial charge is 0.451 e. The lowest BCUT2D eigenvalue weighted by Gasteiger charge is -2.40. The van der Waals surface area contributed by atoms with E-state index in [1.54, 1.807) is 0 Å². The second-order valence-electron chi connectivity index (χ2n) is 6.70. The van der Waals surface area contributed by atoms with E-state index >= 15 is 0 Å². The first kappa shape index (κ1) is 19.4. The van der Waals surface area contributed by atoms with Gasteiger partial charge in [0.05, 0.1) is 19.6 Å². The molecule has 3 rings (SSSR count). The van der Waals surface area contributed by atoms with E-state index in [-0.39, 0.29) is 31.9 Å². The van der Waals surface area contributed by atoms with Crippen LogP contribution in [0, 0.1) is 5.92 Å². The highest BCUT2D eigenvalue weighted by Crippen LogP contribution is 2.30. The standard InChI is InChI=1S/C15H20F3N5O4/c1-27-14(26)22-3-2-9(12(24)25)6-10(22)7-21-4-5-23-11(8-21)19-20-13(23)15(16,17)18/h9-10H,2-8H2,1H3,(H,24,25)/t9-,10+/m1/s1. The Hall–Kier alpha value is -2.37. The molecular formula is C15H20F3N5O4. The number of piperidine rings is 1. The van der Waals surface area contributed by atoms with Gasteiger partial charge in [-0.3, -0.25) is 9.69 Å². The molecule has 150 valence electrons. The van der Waals surface area contributed by atoms with Crippen molar-refractivity contribution in [1.82, 2.24) is 24.6 Å². The van der Waals surface area contributed by atoms with Gasteiger partial charge in [0, 0.05) is 32.2 Å². The molecule has 27 heavy (non-hydrogen) atoms. The molecule has 2 aliphatic heterocycles. The highest BCUT2D eigenvalue weighted by Gasteiger charge is 2.41. The highest BCUT2D eigenvalue weighted by atomic mass is 19.4. The molecule has 0 saturated carbocycles. The minimum absolute atomic E-state index is 0.0739. The fourth-order valence-corrected chi connectivity index (χ4v) is 3.68. The van der Waals surface area contributed by atoms with E-state index in [0.717, 1.165) is 4.57 Å². The van der Waals surface area contributed by atoms with Crippen LogP contribution in [-0.2, 0) is 28.8 Å². The third kappa shape index (κ3) is 3.99. The molecule has 12 heteroatoms. The third-order valence-corrected chi connectivity index (χ3v) is 5.03. The number of alkyl halides is 3. The zero-order valence-corrected chi connectivity index (χ0v) is 14.6. The molecule has 1 saturated heterocycles. The van der Waals surface area contributed by atoms with Gasteiger partial charge in [0.1, 0.15) is 5.82 Å². The molecule has 1 amide bonds. The number of nitrogens with zero attached hydrogens (tertiary/aromatic N) is 5. The number of carboxylic acid groups (broad SMARTS) is 1. The van der Waals surface area contributed by atoms with E-state index in [1.807, 2.05) is 4.90 Å². The molecule has 1 aromatic rings. The minimum Gasteiger partial charge on any atom is -0.481 e. The maximum Gasteiger partial charge on any atom is 0.451 e. The van der Waals surface area contributed by atoms with Gasteiger partial charge in [0.25, 0.3) is 0 Å². The zero-order valence-electron chi connectivity index (χ0n) is 14.6.